The molecule has 0 saturated carbocycles. The molecule has 7 nitrogen and oxygen atoms in total. The zero-order valence-electron chi connectivity index (χ0n) is 14.6. The molecular formula is C20H17N5O2. The number of anilines is 4. The van der Waals surface area contributed by atoms with Gasteiger partial charge in [0.15, 0.2) is 0 Å². The van der Waals surface area contributed by atoms with Crippen molar-refractivity contribution in [3.05, 3.63) is 71.9 Å². The van der Waals surface area contributed by atoms with Crippen molar-refractivity contribution in [1.29, 1.82) is 5.26 Å². The number of nitrogens with zero attached hydrogens (tertiary/aromatic N) is 3. The summed E-state index contributed by atoms with van der Waals surface area (Å²) in [4.78, 5) is 20.3. The maximum absolute atomic E-state index is 11.7. The Morgan fingerprint density at radius 1 is 1.11 bits per heavy atom. The summed E-state index contributed by atoms with van der Waals surface area (Å²) in [5.74, 6) is 0.588. The number of benzene rings is 2. The van der Waals surface area contributed by atoms with Gasteiger partial charge in [-0.05, 0) is 49.4 Å². The normalized spacial score (nSPS) is 9.93. The third kappa shape index (κ3) is 4.58. The van der Waals surface area contributed by atoms with Crippen molar-refractivity contribution in [3.8, 4) is 6.07 Å². The lowest BCUT2D eigenvalue weighted by molar-refractivity contribution is 0.0526. The van der Waals surface area contributed by atoms with E-state index in [4.69, 9.17) is 10.00 Å². The van der Waals surface area contributed by atoms with Gasteiger partial charge in [-0.2, -0.15) is 10.2 Å². The molecule has 0 aliphatic carbocycles. The van der Waals surface area contributed by atoms with E-state index in [1.54, 1.807) is 61.7 Å². The average molecular weight is 359 g/mol. The van der Waals surface area contributed by atoms with Gasteiger partial charge < -0.3 is 15.4 Å². The van der Waals surface area contributed by atoms with Crippen molar-refractivity contribution in [3.63, 3.8) is 0 Å². The second-order valence-electron chi connectivity index (χ2n) is 5.47. The van der Waals surface area contributed by atoms with E-state index in [2.05, 4.69) is 26.7 Å². The van der Waals surface area contributed by atoms with Crippen LogP contribution in [-0.4, -0.2) is 22.5 Å². The van der Waals surface area contributed by atoms with Crippen LogP contribution in [0.15, 0.2) is 60.8 Å². The van der Waals surface area contributed by atoms with Crippen LogP contribution in [0.25, 0.3) is 0 Å². The summed E-state index contributed by atoms with van der Waals surface area (Å²) >= 11 is 0. The van der Waals surface area contributed by atoms with Gasteiger partial charge in [0.05, 0.1) is 23.4 Å². The van der Waals surface area contributed by atoms with Crippen LogP contribution >= 0.6 is 0 Å². The molecule has 0 saturated heterocycles. The van der Waals surface area contributed by atoms with E-state index in [1.807, 2.05) is 6.07 Å². The number of carbonyl (C=O) groups is 1. The van der Waals surface area contributed by atoms with Crippen LogP contribution in [0.5, 0.6) is 0 Å². The second-order valence-corrected chi connectivity index (χ2v) is 5.47. The maximum Gasteiger partial charge on any atom is 0.338 e. The van der Waals surface area contributed by atoms with Crippen LogP contribution in [0.1, 0.15) is 22.8 Å². The summed E-state index contributed by atoms with van der Waals surface area (Å²) in [6.07, 6.45) is 1.61. The minimum absolute atomic E-state index is 0.338. The zero-order valence-corrected chi connectivity index (χ0v) is 14.6. The predicted octanol–water partition coefficient (Wildman–Crippen LogP) is 4.01. The monoisotopic (exact) mass is 359 g/mol. The molecule has 0 unspecified atom stereocenters. The molecule has 0 amide bonds. The quantitative estimate of drug-likeness (QED) is 0.641. The van der Waals surface area contributed by atoms with Gasteiger partial charge in [0.2, 0.25) is 5.95 Å². The molecule has 0 radical (unpaired) electrons. The highest BCUT2D eigenvalue weighted by molar-refractivity contribution is 5.89. The Morgan fingerprint density at radius 2 is 1.89 bits per heavy atom. The molecule has 3 rings (SSSR count). The number of hydrogen-bond donors (Lipinski definition) is 2. The Labute approximate surface area is 156 Å². The van der Waals surface area contributed by atoms with Crippen LogP contribution in [-0.2, 0) is 4.74 Å². The lowest BCUT2D eigenvalue weighted by atomic mass is 10.2. The van der Waals surface area contributed by atoms with Crippen LogP contribution in [0.2, 0.25) is 0 Å². The third-order valence-electron chi connectivity index (χ3n) is 3.62. The number of rotatable bonds is 6. The fourth-order valence-electron chi connectivity index (χ4n) is 2.35. The van der Waals surface area contributed by atoms with Crippen molar-refractivity contribution in [2.45, 2.75) is 6.92 Å². The molecule has 0 fully saturated rings. The van der Waals surface area contributed by atoms with Gasteiger partial charge in [0, 0.05) is 11.9 Å². The molecule has 0 aliphatic heterocycles. The van der Waals surface area contributed by atoms with E-state index in [0.29, 0.717) is 35.2 Å². The molecule has 1 heterocycles. The lowest BCUT2D eigenvalue weighted by Gasteiger charge is -2.09. The van der Waals surface area contributed by atoms with Crippen molar-refractivity contribution >= 4 is 29.1 Å². The first kappa shape index (κ1) is 17.9. The van der Waals surface area contributed by atoms with Gasteiger partial charge in [-0.1, -0.05) is 12.1 Å². The molecule has 27 heavy (non-hydrogen) atoms. The van der Waals surface area contributed by atoms with Gasteiger partial charge in [0.1, 0.15) is 11.9 Å². The van der Waals surface area contributed by atoms with E-state index in [1.165, 1.54) is 0 Å². The number of aromatic nitrogens is 2. The summed E-state index contributed by atoms with van der Waals surface area (Å²) in [6, 6.07) is 17.9. The van der Waals surface area contributed by atoms with Crippen molar-refractivity contribution in [2.24, 2.45) is 0 Å². The van der Waals surface area contributed by atoms with Crippen LogP contribution < -0.4 is 10.6 Å². The van der Waals surface area contributed by atoms with Crippen LogP contribution in [0.4, 0.5) is 23.1 Å². The smallest absolute Gasteiger partial charge is 0.338 e. The van der Waals surface area contributed by atoms with E-state index < -0.39 is 0 Å². The molecule has 3 aromatic rings. The van der Waals surface area contributed by atoms with Crippen LogP contribution in [0, 0.1) is 11.3 Å². The Kier molecular flexibility index (Phi) is 5.60. The Bertz CT molecular complexity index is 980. The number of nitrogens with one attached hydrogen (secondary N) is 2. The topological polar surface area (TPSA) is 99.9 Å². The molecule has 0 aliphatic rings. The molecule has 1 aromatic heterocycles. The maximum atomic E-state index is 11.7. The first-order valence-corrected chi connectivity index (χ1v) is 8.33. The van der Waals surface area contributed by atoms with E-state index in [-0.39, 0.29) is 5.97 Å². The van der Waals surface area contributed by atoms with Crippen molar-refractivity contribution in [2.75, 3.05) is 17.2 Å². The second kappa shape index (κ2) is 8.45. The minimum atomic E-state index is -0.353. The SMILES string of the molecule is CCOC(=O)c1ccc(Nc2ccnc(Nc3ccccc3C#N)n2)cc1. The van der Waals surface area contributed by atoms with Gasteiger partial charge in [-0.25, -0.2) is 9.78 Å². The Balaban J connectivity index is 1.72. The lowest BCUT2D eigenvalue weighted by Crippen LogP contribution is -2.04. The number of hydrogen-bond acceptors (Lipinski definition) is 7. The fraction of sp³-hybridized carbons (Fsp3) is 0.100. The highest BCUT2D eigenvalue weighted by atomic mass is 16.5. The molecule has 2 N–H and O–H groups in total. The van der Waals surface area contributed by atoms with E-state index >= 15 is 0 Å². The van der Waals surface area contributed by atoms with E-state index in [0.717, 1.165) is 5.69 Å². The van der Waals surface area contributed by atoms with Gasteiger partial charge in [-0.3, -0.25) is 0 Å². The molecule has 7 heteroatoms. The summed E-state index contributed by atoms with van der Waals surface area (Å²) in [5, 5.41) is 15.4. The van der Waals surface area contributed by atoms with Gasteiger partial charge in [0.25, 0.3) is 0 Å². The predicted molar refractivity (Wildman–Crippen MR) is 102 cm³/mol. The van der Waals surface area contributed by atoms with E-state index in [9.17, 15) is 4.79 Å². The number of nitriles is 1. The first-order valence-electron chi connectivity index (χ1n) is 8.33. The number of carbonyl (C=O) groups excluding carboxylic acids is 1. The summed E-state index contributed by atoms with van der Waals surface area (Å²) in [6.45, 7) is 2.11. The molecule has 0 bridgehead atoms. The van der Waals surface area contributed by atoms with Gasteiger partial charge in [-0.15, -0.1) is 0 Å². The van der Waals surface area contributed by atoms with Gasteiger partial charge >= 0.3 is 5.97 Å². The highest BCUT2D eigenvalue weighted by Crippen LogP contribution is 2.20. The summed E-state index contributed by atoms with van der Waals surface area (Å²) in [5.41, 5.74) is 2.40. The largest absolute Gasteiger partial charge is 0.462 e. The zero-order chi connectivity index (χ0) is 19.1. The molecule has 134 valence electrons. The number of esters is 1. The summed E-state index contributed by atoms with van der Waals surface area (Å²) < 4.78 is 4.97. The number of ether oxygens (including phenoxy) is 1. The minimum Gasteiger partial charge on any atom is -0.462 e. The van der Waals surface area contributed by atoms with Crippen molar-refractivity contribution < 1.29 is 9.53 Å². The summed E-state index contributed by atoms with van der Waals surface area (Å²) in [7, 11) is 0. The molecule has 2 aromatic carbocycles. The third-order valence-corrected chi connectivity index (χ3v) is 3.62. The first-order chi connectivity index (χ1) is 13.2. The van der Waals surface area contributed by atoms with Crippen LogP contribution in [0.3, 0.4) is 0 Å². The molecule has 0 atom stereocenters. The average Bonchev–Trinajstić information content (AvgIpc) is 2.69. The molecule has 0 spiro atoms. The molecular weight excluding hydrogens is 342 g/mol. The number of para-hydroxylation sites is 1. The Morgan fingerprint density at radius 3 is 2.63 bits per heavy atom. The fourth-order valence-corrected chi connectivity index (χ4v) is 2.35. The Hall–Kier alpha value is -3.92. The highest BCUT2D eigenvalue weighted by Gasteiger charge is 2.07. The van der Waals surface area contributed by atoms with Crippen molar-refractivity contribution in [1.82, 2.24) is 9.97 Å². The standard InChI is InChI=1S/C20H17N5O2/c1-2-27-19(26)14-7-9-16(10-8-14)23-18-11-12-22-20(25-18)24-17-6-4-3-5-15(17)13-21/h3-12H,2H2,1H3,(H2,22,23,24,25).